The minimum Gasteiger partial charge on any atom is -0.351 e. The quantitative estimate of drug-likeness (QED) is 0.636. The van der Waals surface area contributed by atoms with Gasteiger partial charge >= 0.3 is 0 Å². The summed E-state index contributed by atoms with van der Waals surface area (Å²) >= 11 is 1.37. The molecule has 8 nitrogen and oxygen atoms in total. The van der Waals surface area contributed by atoms with Crippen LogP contribution in [0.5, 0.6) is 0 Å². The normalized spacial score (nSPS) is 18.0. The van der Waals surface area contributed by atoms with Gasteiger partial charge in [0.05, 0.1) is 5.69 Å². The number of nitrogens with zero attached hydrogens (tertiary/aromatic N) is 3. The van der Waals surface area contributed by atoms with Crippen LogP contribution >= 0.6 is 11.8 Å². The van der Waals surface area contributed by atoms with E-state index in [1.165, 1.54) is 18.2 Å². The molecule has 0 radical (unpaired) electrons. The first-order chi connectivity index (χ1) is 16.0. The number of piperidine rings is 1. The van der Waals surface area contributed by atoms with Crippen molar-refractivity contribution < 1.29 is 14.4 Å². The molecule has 1 saturated heterocycles. The number of hydrogen-bond donors (Lipinski definition) is 2. The predicted octanol–water partition coefficient (Wildman–Crippen LogP) is 3.28. The summed E-state index contributed by atoms with van der Waals surface area (Å²) in [5.41, 5.74) is 4.57. The molecule has 0 unspecified atom stereocenters. The molecule has 0 spiro atoms. The number of anilines is 2. The average Bonchev–Trinajstić information content (AvgIpc) is 3.20. The van der Waals surface area contributed by atoms with Crippen molar-refractivity contribution in [1.82, 2.24) is 10.3 Å². The minimum absolute atomic E-state index is 0.0392. The van der Waals surface area contributed by atoms with E-state index in [4.69, 9.17) is 0 Å². The Hall–Kier alpha value is -3.33. The molecule has 2 N–H and O–H groups in total. The van der Waals surface area contributed by atoms with Gasteiger partial charge in [0.2, 0.25) is 5.91 Å². The van der Waals surface area contributed by atoms with Crippen LogP contribution in [-0.4, -0.2) is 53.2 Å². The van der Waals surface area contributed by atoms with E-state index in [9.17, 15) is 14.4 Å². The molecular formula is C24H27N5O3S. The van der Waals surface area contributed by atoms with Gasteiger partial charge in [-0.2, -0.15) is 4.99 Å². The fourth-order valence-corrected chi connectivity index (χ4v) is 4.90. The molecule has 33 heavy (non-hydrogen) atoms. The summed E-state index contributed by atoms with van der Waals surface area (Å²) in [4.78, 5) is 43.8. The maximum absolute atomic E-state index is 12.6. The molecule has 2 aromatic carbocycles. The van der Waals surface area contributed by atoms with Crippen LogP contribution in [0.3, 0.4) is 0 Å². The van der Waals surface area contributed by atoms with Gasteiger partial charge in [0.25, 0.3) is 11.8 Å². The van der Waals surface area contributed by atoms with Crippen LogP contribution in [0.2, 0.25) is 0 Å². The highest BCUT2D eigenvalue weighted by Gasteiger charge is 2.33. The van der Waals surface area contributed by atoms with E-state index in [2.05, 4.69) is 20.6 Å². The van der Waals surface area contributed by atoms with Crippen molar-refractivity contribution in [2.45, 2.75) is 30.9 Å². The number of benzene rings is 2. The summed E-state index contributed by atoms with van der Waals surface area (Å²) in [6, 6.07) is 16.2. The van der Waals surface area contributed by atoms with E-state index in [1.54, 1.807) is 36.3 Å². The first-order valence-electron chi connectivity index (χ1n) is 11.0. The molecule has 2 aromatic rings. The van der Waals surface area contributed by atoms with E-state index in [1.807, 2.05) is 30.3 Å². The number of hydrogen-bond acceptors (Lipinski definition) is 6. The largest absolute Gasteiger partial charge is 0.351 e. The number of carbonyl (C=O) groups excluding carboxylic acids is 3. The molecule has 1 fully saturated rings. The Labute approximate surface area is 197 Å². The molecule has 1 atom stereocenters. The molecule has 0 aliphatic carbocycles. The van der Waals surface area contributed by atoms with E-state index >= 15 is 0 Å². The zero-order valence-electron chi connectivity index (χ0n) is 18.5. The number of carbonyl (C=O) groups is 3. The molecule has 2 aliphatic heterocycles. The second-order valence-electron chi connectivity index (χ2n) is 8.06. The van der Waals surface area contributed by atoms with Gasteiger partial charge in [-0.25, -0.2) is 0 Å². The second kappa shape index (κ2) is 10.5. The van der Waals surface area contributed by atoms with Gasteiger partial charge in [-0.3, -0.25) is 24.8 Å². The Balaban J connectivity index is 1.31. The lowest BCUT2D eigenvalue weighted by molar-refractivity contribution is -0.121. The topological polar surface area (TPSA) is 94.1 Å². The Kier molecular flexibility index (Phi) is 7.29. The van der Waals surface area contributed by atoms with Crippen LogP contribution in [-0.2, 0) is 9.59 Å². The van der Waals surface area contributed by atoms with Crippen LogP contribution in [0, 0.1) is 0 Å². The molecule has 172 valence electrons. The van der Waals surface area contributed by atoms with Gasteiger partial charge in [-0.05, 0) is 49.6 Å². The smallest absolute Gasteiger partial charge is 0.269 e. The van der Waals surface area contributed by atoms with Crippen molar-refractivity contribution in [3.63, 3.8) is 0 Å². The third-order valence-corrected chi connectivity index (χ3v) is 6.76. The van der Waals surface area contributed by atoms with Gasteiger partial charge in [0, 0.05) is 37.8 Å². The highest BCUT2D eigenvalue weighted by atomic mass is 32.2. The second-order valence-corrected chi connectivity index (χ2v) is 9.23. The van der Waals surface area contributed by atoms with Crippen LogP contribution in [0.4, 0.5) is 11.4 Å². The van der Waals surface area contributed by atoms with Crippen molar-refractivity contribution in [2.24, 2.45) is 4.99 Å². The Bertz CT molecular complexity index is 1050. The lowest BCUT2D eigenvalue weighted by atomic mass is 10.1. The molecule has 4 rings (SSSR count). The molecule has 3 amide bonds. The molecule has 2 heterocycles. The van der Waals surface area contributed by atoms with Crippen molar-refractivity contribution in [3.8, 4) is 0 Å². The summed E-state index contributed by atoms with van der Waals surface area (Å²) in [6.45, 7) is 1.82. The highest BCUT2D eigenvalue weighted by molar-refractivity contribution is 8.15. The fraction of sp³-hybridized carbons (Fsp3) is 0.333. The third kappa shape index (κ3) is 5.92. The molecule has 9 heteroatoms. The summed E-state index contributed by atoms with van der Waals surface area (Å²) in [6.07, 6.45) is 3.44. The molecule has 2 aliphatic rings. The first-order valence-corrected chi connectivity index (χ1v) is 11.9. The lowest BCUT2D eigenvalue weighted by Gasteiger charge is -2.27. The lowest BCUT2D eigenvalue weighted by Crippen LogP contribution is -2.39. The van der Waals surface area contributed by atoms with Gasteiger partial charge in [0.15, 0.2) is 5.17 Å². The number of nitrogens with one attached hydrogen (secondary N) is 2. The number of amidine groups is 1. The van der Waals surface area contributed by atoms with Crippen molar-refractivity contribution >= 4 is 46.0 Å². The Morgan fingerprint density at radius 1 is 1.09 bits per heavy atom. The van der Waals surface area contributed by atoms with Gasteiger partial charge in [-0.15, -0.1) is 0 Å². The van der Waals surface area contributed by atoms with Crippen LogP contribution in [0.25, 0.3) is 0 Å². The molecular weight excluding hydrogens is 438 g/mol. The van der Waals surface area contributed by atoms with Gasteiger partial charge in [0.1, 0.15) is 5.25 Å². The van der Waals surface area contributed by atoms with E-state index in [0.29, 0.717) is 11.3 Å². The van der Waals surface area contributed by atoms with E-state index < -0.39 is 5.25 Å². The van der Waals surface area contributed by atoms with Crippen LogP contribution in [0.1, 0.15) is 36.0 Å². The van der Waals surface area contributed by atoms with Crippen LogP contribution < -0.4 is 15.8 Å². The highest BCUT2D eigenvalue weighted by Crippen LogP contribution is 2.29. The Morgan fingerprint density at radius 2 is 1.85 bits per heavy atom. The third-order valence-electron chi connectivity index (χ3n) is 5.55. The Morgan fingerprint density at radius 3 is 2.61 bits per heavy atom. The number of amides is 3. The minimum atomic E-state index is -0.507. The van der Waals surface area contributed by atoms with Crippen molar-refractivity contribution in [3.05, 3.63) is 60.2 Å². The zero-order valence-corrected chi connectivity index (χ0v) is 19.3. The summed E-state index contributed by atoms with van der Waals surface area (Å²) in [5, 5.41) is 4.67. The van der Waals surface area contributed by atoms with Gasteiger partial charge < -0.3 is 10.2 Å². The molecule has 0 saturated carbocycles. The van der Waals surface area contributed by atoms with E-state index in [-0.39, 0.29) is 24.1 Å². The standard InChI is InChI=1S/C24H27N5O3S/c1-28(19-11-4-2-5-12-19)27-22(31)17-9-8-10-18(15-17)25-21(30)16-20-23(32)26-24(33-20)29-13-6-3-7-14-29/h2,4-5,8-12,15,20H,3,6-7,13-14,16H2,1H3,(H,25,30)(H,27,31)/t20-/m0/s1. The number of rotatable bonds is 6. The molecule has 0 aromatic heterocycles. The number of thioether (sulfide) groups is 1. The average molecular weight is 466 g/mol. The van der Waals surface area contributed by atoms with Crippen molar-refractivity contribution in [2.75, 3.05) is 30.5 Å². The summed E-state index contributed by atoms with van der Waals surface area (Å²) in [7, 11) is 1.76. The van der Waals surface area contributed by atoms with E-state index in [0.717, 1.165) is 36.8 Å². The summed E-state index contributed by atoms with van der Waals surface area (Å²) < 4.78 is 0. The fourth-order valence-electron chi connectivity index (χ4n) is 3.78. The van der Waals surface area contributed by atoms with Crippen molar-refractivity contribution in [1.29, 1.82) is 0 Å². The monoisotopic (exact) mass is 465 g/mol. The number of para-hydroxylation sites is 1. The predicted molar refractivity (Wildman–Crippen MR) is 131 cm³/mol. The number of hydrazine groups is 1. The maximum Gasteiger partial charge on any atom is 0.269 e. The maximum atomic E-state index is 12.6. The molecule has 0 bridgehead atoms. The zero-order chi connectivity index (χ0) is 23.2. The number of likely N-dealkylation sites (tertiary alicyclic amines) is 1. The first kappa shape index (κ1) is 22.8. The van der Waals surface area contributed by atoms with Crippen LogP contribution in [0.15, 0.2) is 59.6 Å². The SMILES string of the molecule is CN(NC(=O)c1cccc(NC(=O)C[C@@H]2SC(N3CCCCC3)=NC2=O)c1)c1ccccc1. The summed E-state index contributed by atoms with van der Waals surface area (Å²) in [5.74, 6) is -0.832. The number of aliphatic imine (C=N–C) groups is 1. The van der Waals surface area contributed by atoms with Gasteiger partial charge in [-0.1, -0.05) is 36.0 Å².